The molecule has 1 amide bonds. The van der Waals surface area contributed by atoms with Gasteiger partial charge < -0.3 is 10.1 Å². The lowest BCUT2D eigenvalue weighted by Gasteiger charge is -2.07. The predicted molar refractivity (Wildman–Crippen MR) is 78.4 cm³/mol. The van der Waals surface area contributed by atoms with E-state index in [4.69, 9.17) is 4.74 Å². The van der Waals surface area contributed by atoms with E-state index in [0.717, 1.165) is 10.2 Å². The van der Waals surface area contributed by atoms with E-state index in [1.807, 2.05) is 42.5 Å². The van der Waals surface area contributed by atoms with E-state index in [2.05, 4.69) is 21.2 Å². The van der Waals surface area contributed by atoms with Gasteiger partial charge in [-0.1, -0.05) is 34.1 Å². The lowest BCUT2D eigenvalue weighted by atomic mass is 10.2. The Morgan fingerprint density at radius 2 is 1.74 bits per heavy atom. The van der Waals surface area contributed by atoms with Crippen LogP contribution < -0.4 is 10.1 Å². The molecular formula is C15H14BrNO2. The SMILES string of the molecule is O=C(NCCOc1ccc(Br)cc1)c1ccccc1. The van der Waals surface area contributed by atoms with Gasteiger partial charge in [-0.3, -0.25) is 4.79 Å². The summed E-state index contributed by atoms with van der Waals surface area (Å²) in [4.78, 5) is 11.7. The average Bonchev–Trinajstić information content (AvgIpc) is 2.46. The number of amides is 1. The Morgan fingerprint density at radius 1 is 1.05 bits per heavy atom. The van der Waals surface area contributed by atoms with Crippen LogP contribution in [0.15, 0.2) is 59.1 Å². The molecule has 0 atom stereocenters. The summed E-state index contributed by atoms with van der Waals surface area (Å²) in [7, 11) is 0. The van der Waals surface area contributed by atoms with E-state index in [1.165, 1.54) is 0 Å². The highest BCUT2D eigenvalue weighted by Crippen LogP contribution is 2.15. The van der Waals surface area contributed by atoms with Gasteiger partial charge in [0.1, 0.15) is 12.4 Å². The molecule has 0 saturated carbocycles. The smallest absolute Gasteiger partial charge is 0.251 e. The molecular weight excluding hydrogens is 306 g/mol. The molecule has 0 aliphatic rings. The third kappa shape index (κ3) is 4.41. The fourth-order valence-electron chi connectivity index (χ4n) is 1.56. The molecule has 0 fully saturated rings. The second-order valence-corrected chi connectivity index (χ2v) is 4.84. The minimum Gasteiger partial charge on any atom is -0.492 e. The van der Waals surface area contributed by atoms with Crippen LogP contribution in [0, 0.1) is 0 Å². The van der Waals surface area contributed by atoms with Crippen molar-refractivity contribution in [2.75, 3.05) is 13.2 Å². The van der Waals surface area contributed by atoms with E-state index < -0.39 is 0 Å². The van der Waals surface area contributed by atoms with Gasteiger partial charge in [0.15, 0.2) is 0 Å². The Hall–Kier alpha value is -1.81. The van der Waals surface area contributed by atoms with Crippen LogP contribution in [0.4, 0.5) is 0 Å². The Balaban J connectivity index is 1.72. The minimum absolute atomic E-state index is 0.0833. The predicted octanol–water partition coefficient (Wildman–Crippen LogP) is 3.26. The first kappa shape index (κ1) is 13.6. The highest BCUT2D eigenvalue weighted by Gasteiger charge is 2.02. The van der Waals surface area contributed by atoms with Gasteiger partial charge in [-0.15, -0.1) is 0 Å². The highest BCUT2D eigenvalue weighted by atomic mass is 79.9. The first-order valence-corrected chi connectivity index (χ1v) is 6.76. The fourth-order valence-corrected chi connectivity index (χ4v) is 1.82. The monoisotopic (exact) mass is 319 g/mol. The zero-order valence-corrected chi connectivity index (χ0v) is 11.9. The maximum Gasteiger partial charge on any atom is 0.251 e. The molecule has 3 nitrogen and oxygen atoms in total. The molecule has 0 saturated heterocycles. The van der Waals surface area contributed by atoms with Crippen LogP contribution in [0.25, 0.3) is 0 Å². The number of rotatable bonds is 5. The Labute approximate surface area is 120 Å². The lowest BCUT2D eigenvalue weighted by molar-refractivity contribution is 0.0947. The van der Waals surface area contributed by atoms with Crippen molar-refractivity contribution >= 4 is 21.8 Å². The lowest BCUT2D eigenvalue weighted by Crippen LogP contribution is -2.27. The number of carbonyl (C=O) groups is 1. The van der Waals surface area contributed by atoms with Crippen molar-refractivity contribution in [2.45, 2.75) is 0 Å². The zero-order valence-electron chi connectivity index (χ0n) is 10.3. The van der Waals surface area contributed by atoms with Crippen LogP contribution >= 0.6 is 15.9 Å². The van der Waals surface area contributed by atoms with Crippen molar-refractivity contribution in [3.63, 3.8) is 0 Å². The first-order chi connectivity index (χ1) is 9.25. The summed E-state index contributed by atoms with van der Waals surface area (Å²) in [5.74, 6) is 0.706. The van der Waals surface area contributed by atoms with Gasteiger partial charge >= 0.3 is 0 Å². The number of halogens is 1. The molecule has 19 heavy (non-hydrogen) atoms. The molecule has 0 aromatic heterocycles. The number of carbonyl (C=O) groups excluding carboxylic acids is 1. The number of benzene rings is 2. The normalized spacial score (nSPS) is 9.95. The third-order valence-corrected chi connectivity index (χ3v) is 3.03. The standard InChI is InChI=1S/C15H14BrNO2/c16-13-6-8-14(9-7-13)19-11-10-17-15(18)12-4-2-1-3-5-12/h1-9H,10-11H2,(H,17,18). The summed E-state index contributed by atoms with van der Waals surface area (Å²) in [6.07, 6.45) is 0. The second-order valence-electron chi connectivity index (χ2n) is 3.92. The Morgan fingerprint density at radius 3 is 2.42 bits per heavy atom. The molecule has 0 heterocycles. The van der Waals surface area contributed by atoms with Gasteiger partial charge in [-0.05, 0) is 36.4 Å². The summed E-state index contributed by atoms with van der Waals surface area (Å²) < 4.78 is 6.52. The van der Waals surface area contributed by atoms with Crippen molar-refractivity contribution in [3.8, 4) is 5.75 Å². The molecule has 2 rings (SSSR count). The van der Waals surface area contributed by atoms with Crippen LogP contribution in [0.1, 0.15) is 10.4 Å². The first-order valence-electron chi connectivity index (χ1n) is 5.97. The van der Waals surface area contributed by atoms with E-state index in [0.29, 0.717) is 18.7 Å². The van der Waals surface area contributed by atoms with Gasteiger partial charge in [-0.25, -0.2) is 0 Å². The van der Waals surface area contributed by atoms with E-state index in [9.17, 15) is 4.79 Å². The minimum atomic E-state index is -0.0833. The third-order valence-electron chi connectivity index (χ3n) is 2.51. The zero-order chi connectivity index (χ0) is 13.5. The number of hydrogen-bond acceptors (Lipinski definition) is 2. The van der Waals surface area contributed by atoms with Crippen molar-refractivity contribution < 1.29 is 9.53 Å². The van der Waals surface area contributed by atoms with Gasteiger partial charge in [-0.2, -0.15) is 0 Å². The highest BCUT2D eigenvalue weighted by molar-refractivity contribution is 9.10. The van der Waals surface area contributed by atoms with E-state index >= 15 is 0 Å². The van der Waals surface area contributed by atoms with Crippen LogP contribution in [0.3, 0.4) is 0 Å². The average molecular weight is 320 g/mol. The molecule has 98 valence electrons. The van der Waals surface area contributed by atoms with Crippen LogP contribution in [-0.4, -0.2) is 19.1 Å². The van der Waals surface area contributed by atoms with Crippen molar-refractivity contribution in [1.82, 2.24) is 5.32 Å². The molecule has 0 unspecified atom stereocenters. The van der Waals surface area contributed by atoms with Crippen molar-refractivity contribution in [2.24, 2.45) is 0 Å². The van der Waals surface area contributed by atoms with Gasteiger partial charge in [0.05, 0.1) is 6.54 Å². The molecule has 0 aliphatic heterocycles. The molecule has 0 aliphatic carbocycles. The molecule has 0 spiro atoms. The van der Waals surface area contributed by atoms with Gasteiger partial charge in [0, 0.05) is 10.0 Å². The maximum absolute atomic E-state index is 11.7. The molecule has 1 N–H and O–H groups in total. The summed E-state index contributed by atoms with van der Waals surface area (Å²) in [5, 5.41) is 2.81. The van der Waals surface area contributed by atoms with Crippen LogP contribution in [0.2, 0.25) is 0 Å². The topological polar surface area (TPSA) is 38.3 Å². The maximum atomic E-state index is 11.7. The van der Waals surface area contributed by atoms with E-state index in [-0.39, 0.29) is 5.91 Å². The van der Waals surface area contributed by atoms with Crippen LogP contribution in [0.5, 0.6) is 5.75 Å². The van der Waals surface area contributed by atoms with Crippen molar-refractivity contribution in [3.05, 3.63) is 64.6 Å². The summed E-state index contributed by atoms with van der Waals surface area (Å²) in [5.41, 5.74) is 0.658. The van der Waals surface area contributed by atoms with Gasteiger partial charge in [0.2, 0.25) is 0 Å². The largest absolute Gasteiger partial charge is 0.492 e. The second kappa shape index (κ2) is 6.95. The molecule has 0 bridgehead atoms. The molecule has 2 aromatic carbocycles. The molecule has 2 aromatic rings. The fraction of sp³-hybridized carbons (Fsp3) is 0.133. The van der Waals surface area contributed by atoms with Crippen LogP contribution in [-0.2, 0) is 0 Å². The number of hydrogen-bond donors (Lipinski definition) is 1. The number of nitrogens with one attached hydrogen (secondary N) is 1. The summed E-state index contributed by atoms with van der Waals surface area (Å²) in [6.45, 7) is 0.921. The molecule has 0 radical (unpaired) electrons. The summed E-state index contributed by atoms with van der Waals surface area (Å²) in [6, 6.07) is 16.7. The Kier molecular flexibility index (Phi) is 4.98. The summed E-state index contributed by atoms with van der Waals surface area (Å²) >= 11 is 3.36. The number of ether oxygens (including phenoxy) is 1. The Bertz CT molecular complexity index is 526. The van der Waals surface area contributed by atoms with E-state index in [1.54, 1.807) is 12.1 Å². The van der Waals surface area contributed by atoms with Gasteiger partial charge in [0.25, 0.3) is 5.91 Å². The van der Waals surface area contributed by atoms with Crippen molar-refractivity contribution in [1.29, 1.82) is 0 Å². The molecule has 4 heteroatoms. The quantitative estimate of drug-likeness (QED) is 0.859.